The largest absolute Gasteiger partial charge is 0.383 e. The SMILES string of the molecule is Cc1ccc(C(O)c2ccc(Br)cc2C)s1. The van der Waals surface area contributed by atoms with E-state index in [1.54, 1.807) is 11.3 Å². The summed E-state index contributed by atoms with van der Waals surface area (Å²) in [6.07, 6.45) is -0.508. The summed E-state index contributed by atoms with van der Waals surface area (Å²) in [6.45, 7) is 4.07. The Morgan fingerprint density at radius 3 is 2.50 bits per heavy atom. The lowest BCUT2D eigenvalue weighted by Crippen LogP contribution is -1.99. The fourth-order valence-electron chi connectivity index (χ4n) is 1.70. The Bertz CT molecular complexity index is 504. The molecule has 1 atom stereocenters. The quantitative estimate of drug-likeness (QED) is 0.880. The van der Waals surface area contributed by atoms with Gasteiger partial charge in [-0.05, 0) is 49.2 Å². The van der Waals surface area contributed by atoms with Crippen LogP contribution >= 0.6 is 27.3 Å². The van der Waals surface area contributed by atoms with Crippen LogP contribution in [-0.4, -0.2) is 5.11 Å². The fourth-order valence-corrected chi connectivity index (χ4v) is 3.06. The van der Waals surface area contributed by atoms with Crippen LogP contribution in [0.2, 0.25) is 0 Å². The monoisotopic (exact) mass is 296 g/mol. The minimum absolute atomic E-state index is 0.508. The third-order valence-corrected chi connectivity index (χ3v) is 4.10. The molecule has 2 aromatic rings. The van der Waals surface area contributed by atoms with Crippen LogP contribution in [0.25, 0.3) is 0 Å². The normalized spacial score (nSPS) is 12.8. The van der Waals surface area contributed by atoms with Gasteiger partial charge in [0.15, 0.2) is 0 Å². The molecule has 84 valence electrons. The van der Waals surface area contributed by atoms with Gasteiger partial charge in [-0.2, -0.15) is 0 Å². The first-order chi connectivity index (χ1) is 7.58. The van der Waals surface area contributed by atoms with E-state index in [-0.39, 0.29) is 0 Å². The maximum atomic E-state index is 10.3. The summed E-state index contributed by atoms with van der Waals surface area (Å²) in [5.74, 6) is 0. The van der Waals surface area contributed by atoms with Crippen LogP contribution in [0, 0.1) is 13.8 Å². The van der Waals surface area contributed by atoms with Crippen LogP contribution in [0.5, 0.6) is 0 Å². The van der Waals surface area contributed by atoms with Gasteiger partial charge in [0.2, 0.25) is 0 Å². The fraction of sp³-hybridized carbons (Fsp3) is 0.231. The van der Waals surface area contributed by atoms with Crippen molar-refractivity contribution in [2.45, 2.75) is 20.0 Å². The molecule has 1 heterocycles. The molecule has 0 amide bonds. The summed E-state index contributed by atoms with van der Waals surface area (Å²) in [7, 11) is 0. The average Bonchev–Trinajstić information content (AvgIpc) is 2.64. The second-order valence-corrected chi connectivity index (χ2v) is 6.09. The van der Waals surface area contributed by atoms with Crippen molar-refractivity contribution in [3.63, 3.8) is 0 Å². The molecule has 16 heavy (non-hydrogen) atoms. The summed E-state index contributed by atoms with van der Waals surface area (Å²) in [5.41, 5.74) is 2.08. The van der Waals surface area contributed by atoms with Crippen molar-refractivity contribution in [3.8, 4) is 0 Å². The van der Waals surface area contributed by atoms with Crippen LogP contribution in [0.4, 0.5) is 0 Å². The number of aryl methyl sites for hydroxylation is 2. The number of aliphatic hydroxyl groups is 1. The third-order valence-electron chi connectivity index (χ3n) is 2.56. The van der Waals surface area contributed by atoms with Gasteiger partial charge in [-0.25, -0.2) is 0 Å². The van der Waals surface area contributed by atoms with Crippen LogP contribution in [0.15, 0.2) is 34.8 Å². The van der Waals surface area contributed by atoms with E-state index in [4.69, 9.17) is 0 Å². The number of hydrogen-bond donors (Lipinski definition) is 1. The van der Waals surface area contributed by atoms with E-state index in [0.717, 1.165) is 20.5 Å². The van der Waals surface area contributed by atoms with Gasteiger partial charge in [0, 0.05) is 14.2 Å². The number of aliphatic hydroxyl groups excluding tert-OH is 1. The van der Waals surface area contributed by atoms with Crippen LogP contribution < -0.4 is 0 Å². The van der Waals surface area contributed by atoms with Crippen LogP contribution in [0.3, 0.4) is 0 Å². The number of benzene rings is 1. The molecule has 0 saturated carbocycles. The van der Waals surface area contributed by atoms with Gasteiger partial charge in [-0.1, -0.05) is 22.0 Å². The molecule has 0 saturated heterocycles. The molecule has 0 aliphatic heterocycles. The van der Waals surface area contributed by atoms with Gasteiger partial charge in [-0.15, -0.1) is 11.3 Å². The number of thiophene rings is 1. The molecular formula is C13H13BrOS. The molecule has 1 N–H and O–H groups in total. The molecule has 0 fully saturated rings. The Balaban J connectivity index is 2.37. The van der Waals surface area contributed by atoms with E-state index < -0.39 is 6.10 Å². The van der Waals surface area contributed by atoms with Crippen molar-refractivity contribution in [2.24, 2.45) is 0 Å². The lowest BCUT2D eigenvalue weighted by molar-refractivity contribution is 0.223. The van der Waals surface area contributed by atoms with E-state index in [0.29, 0.717) is 0 Å². The topological polar surface area (TPSA) is 20.2 Å². The first kappa shape index (κ1) is 11.8. The Kier molecular flexibility index (Phi) is 3.47. The van der Waals surface area contributed by atoms with Crippen molar-refractivity contribution in [1.82, 2.24) is 0 Å². The molecule has 0 aliphatic carbocycles. The maximum absolute atomic E-state index is 10.3. The van der Waals surface area contributed by atoms with E-state index in [2.05, 4.69) is 22.9 Å². The first-order valence-corrected chi connectivity index (χ1v) is 6.69. The summed E-state index contributed by atoms with van der Waals surface area (Å²) in [5, 5.41) is 10.3. The molecule has 1 aromatic carbocycles. The first-order valence-electron chi connectivity index (χ1n) is 5.08. The second kappa shape index (κ2) is 4.70. The molecule has 2 rings (SSSR count). The van der Waals surface area contributed by atoms with Crippen molar-refractivity contribution in [3.05, 3.63) is 55.7 Å². The van der Waals surface area contributed by atoms with Crippen molar-refractivity contribution >= 4 is 27.3 Å². The summed E-state index contributed by atoms with van der Waals surface area (Å²) >= 11 is 5.07. The standard InChI is InChI=1S/C13H13BrOS/c1-8-7-10(14)4-5-11(8)13(15)12-6-3-9(2)16-12/h3-7,13,15H,1-2H3. The second-order valence-electron chi connectivity index (χ2n) is 3.85. The molecule has 0 bridgehead atoms. The van der Waals surface area contributed by atoms with Gasteiger partial charge >= 0.3 is 0 Å². The summed E-state index contributed by atoms with van der Waals surface area (Å²) < 4.78 is 1.04. The van der Waals surface area contributed by atoms with Gasteiger partial charge in [0.05, 0.1) is 0 Å². The predicted molar refractivity (Wildman–Crippen MR) is 72.0 cm³/mol. The molecule has 0 radical (unpaired) electrons. The zero-order chi connectivity index (χ0) is 11.7. The van der Waals surface area contributed by atoms with Gasteiger partial charge in [0.1, 0.15) is 6.10 Å². The van der Waals surface area contributed by atoms with E-state index in [1.165, 1.54) is 4.88 Å². The highest BCUT2D eigenvalue weighted by molar-refractivity contribution is 9.10. The molecule has 0 spiro atoms. The zero-order valence-electron chi connectivity index (χ0n) is 9.20. The summed E-state index contributed by atoms with van der Waals surface area (Å²) in [6, 6.07) is 9.99. The summed E-state index contributed by atoms with van der Waals surface area (Å²) in [4.78, 5) is 2.23. The van der Waals surface area contributed by atoms with Gasteiger partial charge in [0.25, 0.3) is 0 Å². The third kappa shape index (κ3) is 2.37. The molecule has 1 nitrogen and oxygen atoms in total. The highest BCUT2D eigenvalue weighted by Gasteiger charge is 2.14. The predicted octanol–water partition coefficient (Wildman–Crippen LogP) is 4.21. The minimum atomic E-state index is -0.508. The van der Waals surface area contributed by atoms with Crippen molar-refractivity contribution in [2.75, 3.05) is 0 Å². The van der Waals surface area contributed by atoms with Crippen LogP contribution in [-0.2, 0) is 0 Å². The molecule has 0 aliphatic rings. The maximum Gasteiger partial charge on any atom is 0.113 e. The van der Waals surface area contributed by atoms with E-state index in [1.807, 2.05) is 37.3 Å². The van der Waals surface area contributed by atoms with Gasteiger partial charge < -0.3 is 5.11 Å². The average molecular weight is 297 g/mol. The van der Waals surface area contributed by atoms with E-state index in [9.17, 15) is 5.11 Å². The Morgan fingerprint density at radius 2 is 1.94 bits per heavy atom. The Morgan fingerprint density at radius 1 is 1.19 bits per heavy atom. The minimum Gasteiger partial charge on any atom is -0.383 e. The van der Waals surface area contributed by atoms with Crippen molar-refractivity contribution in [1.29, 1.82) is 0 Å². The highest BCUT2D eigenvalue weighted by atomic mass is 79.9. The van der Waals surface area contributed by atoms with Crippen molar-refractivity contribution < 1.29 is 5.11 Å². The molecule has 1 aromatic heterocycles. The number of hydrogen-bond acceptors (Lipinski definition) is 2. The Labute approximate surface area is 108 Å². The molecule has 1 unspecified atom stereocenters. The Hall–Kier alpha value is -0.640. The number of rotatable bonds is 2. The smallest absolute Gasteiger partial charge is 0.113 e. The lowest BCUT2D eigenvalue weighted by Gasteiger charge is -2.12. The molecular weight excluding hydrogens is 284 g/mol. The van der Waals surface area contributed by atoms with E-state index >= 15 is 0 Å². The van der Waals surface area contributed by atoms with Crippen LogP contribution in [0.1, 0.15) is 27.0 Å². The number of halogens is 1. The lowest BCUT2D eigenvalue weighted by atomic mass is 10.0. The highest BCUT2D eigenvalue weighted by Crippen LogP contribution is 2.30. The van der Waals surface area contributed by atoms with Gasteiger partial charge in [-0.3, -0.25) is 0 Å². The molecule has 3 heteroatoms. The zero-order valence-corrected chi connectivity index (χ0v) is 11.6.